The van der Waals surface area contributed by atoms with E-state index in [1.54, 1.807) is 0 Å². The first kappa shape index (κ1) is 16.4. The Labute approximate surface area is 107 Å². The predicted molar refractivity (Wildman–Crippen MR) is 70.5 cm³/mol. The second-order valence-corrected chi connectivity index (χ2v) is 6.89. The van der Waals surface area contributed by atoms with Crippen molar-refractivity contribution in [1.82, 2.24) is 4.72 Å². The van der Waals surface area contributed by atoms with Crippen molar-refractivity contribution in [2.75, 3.05) is 24.2 Å². The van der Waals surface area contributed by atoms with Gasteiger partial charge in [-0.2, -0.15) is 0 Å². The van der Waals surface area contributed by atoms with Crippen LogP contribution in [-0.4, -0.2) is 38.8 Å². The first-order chi connectivity index (χ1) is 7.37. The van der Waals surface area contributed by atoms with Crippen molar-refractivity contribution < 1.29 is 13.2 Å². The maximum Gasteiger partial charge on any atom is 0.213 e. The van der Waals surface area contributed by atoms with E-state index < -0.39 is 10.0 Å². The number of alkyl halides is 1. The summed E-state index contributed by atoms with van der Waals surface area (Å²) in [5.41, 5.74) is 0. The lowest BCUT2D eigenvalue weighted by Gasteiger charge is -2.12. The van der Waals surface area contributed by atoms with Crippen molar-refractivity contribution in [3.8, 4) is 0 Å². The molecule has 0 aromatic heterocycles. The van der Waals surface area contributed by atoms with Gasteiger partial charge in [0.15, 0.2) is 0 Å². The van der Waals surface area contributed by atoms with Crippen LogP contribution in [0.2, 0.25) is 0 Å². The molecule has 0 amide bonds. The molecule has 0 fully saturated rings. The summed E-state index contributed by atoms with van der Waals surface area (Å²) in [5.74, 6) is 0.381. The summed E-state index contributed by atoms with van der Waals surface area (Å²) in [6.45, 7) is 6.54. The summed E-state index contributed by atoms with van der Waals surface area (Å²) in [6.07, 6.45) is 1.04. The molecule has 0 saturated heterocycles. The third-order valence-electron chi connectivity index (χ3n) is 2.06. The quantitative estimate of drug-likeness (QED) is 0.659. The Morgan fingerprint density at radius 2 is 1.94 bits per heavy atom. The summed E-state index contributed by atoms with van der Waals surface area (Å²) in [7, 11) is -3.18. The maximum atomic E-state index is 11.5. The van der Waals surface area contributed by atoms with E-state index in [1.165, 1.54) is 0 Å². The van der Waals surface area contributed by atoms with Gasteiger partial charge < -0.3 is 4.74 Å². The average molecular weight is 316 g/mol. The third-order valence-corrected chi connectivity index (χ3v) is 3.83. The zero-order chi connectivity index (χ0) is 12.6. The lowest BCUT2D eigenvalue weighted by Crippen LogP contribution is -2.32. The zero-order valence-electron chi connectivity index (χ0n) is 10.2. The first-order valence-corrected chi connectivity index (χ1v) is 8.29. The SMILES string of the molecule is CC(CCBr)CNS(=O)(=O)CCOC(C)C. The van der Waals surface area contributed by atoms with Gasteiger partial charge in [0.2, 0.25) is 10.0 Å². The van der Waals surface area contributed by atoms with Gasteiger partial charge >= 0.3 is 0 Å². The van der Waals surface area contributed by atoms with Crippen LogP contribution in [0.4, 0.5) is 0 Å². The normalized spacial score (nSPS) is 14.3. The van der Waals surface area contributed by atoms with Gasteiger partial charge in [-0.15, -0.1) is 0 Å². The summed E-state index contributed by atoms with van der Waals surface area (Å²) >= 11 is 3.33. The molecule has 0 aromatic rings. The summed E-state index contributed by atoms with van der Waals surface area (Å²) < 4.78 is 30.8. The van der Waals surface area contributed by atoms with Crippen LogP contribution < -0.4 is 4.72 Å². The highest BCUT2D eigenvalue weighted by Crippen LogP contribution is 2.03. The number of hydrogen-bond donors (Lipinski definition) is 1. The number of ether oxygens (including phenoxy) is 1. The fourth-order valence-electron chi connectivity index (χ4n) is 1.02. The fourth-order valence-corrected chi connectivity index (χ4v) is 2.80. The van der Waals surface area contributed by atoms with Crippen molar-refractivity contribution in [2.45, 2.75) is 33.3 Å². The lowest BCUT2D eigenvalue weighted by molar-refractivity contribution is 0.0911. The smallest absolute Gasteiger partial charge is 0.213 e. The van der Waals surface area contributed by atoms with Gasteiger partial charge in [0.25, 0.3) is 0 Å². The number of rotatable bonds is 9. The monoisotopic (exact) mass is 315 g/mol. The Morgan fingerprint density at radius 3 is 2.44 bits per heavy atom. The average Bonchev–Trinajstić information content (AvgIpc) is 2.14. The highest BCUT2D eigenvalue weighted by molar-refractivity contribution is 9.09. The minimum absolute atomic E-state index is 0.0339. The van der Waals surface area contributed by atoms with Crippen molar-refractivity contribution in [1.29, 1.82) is 0 Å². The van der Waals surface area contributed by atoms with Crippen molar-refractivity contribution in [3.05, 3.63) is 0 Å². The molecule has 0 aliphatic rings. The van der Waals surface area contributed by atoms with Crippen LogP contribution in [0.1, 0.15) is 27.2 Å². The van der Waals surface area contributed by atoms with E-state index in [0.29, 0.717) is 12.5 Å². The van der Waals surface area contributed by atoms with Crippen LogP contribution in [0.15, 0.2) is 0 Å². The summed E-state index contributed by atoms with van der Waals surface area (Å²) in [6, 6.07) is 0. The second-order valence-electron chi connectivity index (χ2n) is 4.17. The van der Waals surface area contributed by atoms with Crippen LogP contribution in [0.25, 0.3) is 0 Å². The molecular formula is C10H22BrNO3S. The number of sulfonamides is 1. The second kappa shape index (κ2) is 8.44. The predicted octanol–water partition coefficient (Wildman–Crippen LogP) is 1.75. The van der Waals surface area contributed by atoms with Crippen molar-refractivity contribution >= 4 is 26.0 Å². The van der Waals surface area contributed by atoms with E-state index in [0.717, 1.165) is 11.8 Å². The van der Waals surface area contributed by atoms with Crippen molar-refractivity contribution in [3.63, 3.8) is 0 Å². The van der Waals surface area contributed by atoms with E-state index in [2.05, 4.69) is 20.7 Å². The summed E-state index contributed by atoms with van der Waals surface area (Å²) in [5, 5.41) is 0.895. The molecule has 0 rings (SSSR count). The van der Waals surface area contributed by atoms with Gasteiger partial charge in [-0.05, 0) is 26.2 Å². The number of hydrogen-bond acceptors (Lipinski definition) is 3. The van der Waals surface area contributed by atoms with E-state index in [4.69, 9.17) is 4.74 Å². The molecule has 0 heterocycles. The molecule has 98 valence electrons. The van der Waals surface area contributed by atoms with Crippen LogP contribution in [0, 0.1) is 5.92 Å². The van der Waals surface area contributed by atoms with Crippen LogP contribution in [0.5, 0.6) is 0 Å². The first-order valence-electron chi connectivity index (χ1n) is 5.52. The number of nitrogens with one attached hydrogen (secondary N) is 1. The Balaban J connectivity index is 3.78. The summed E-state index contributed by atoms with van der Waals surface area (Å²) in [4.78, 5) is 0. The molecule has 0 bridgehead atoms. The third kappa shape index (κ3) is 9.57. The molecule has 4 nitrogen and oxygen atoms in total. The molecule has 1 unspecified atom stereocenters. The molecule has 0 spiro atoms. The van der Waals surface area contributed by atoms with Gasteiger partial charge in [-0.3, -0.25) is 0 Å². The molecule has 0 aliphatic heterocycles. The van der Waals surface area contributed by atoms with Crippen LogP contribution in [-0.2, 0) is 14.8 Å². The Bertz CT molecular complexity index is 267. The van der Waals surface area contributed by atoms with E-state index >= 15 is 0 Å². The lowest BCUT2D eigenvalue weighted by atomic mass is 10.1. The Morgan fingerprint density at radius 1 is 1.31 bits per heavy atom. The highest BCUT2D eigenvalue weighted by Gasteiger charge is 2.12. The molecule has 0 saturated carbocycles. The largest absolute Gasteiger partial charge is 0.378 e. The van der Waals surface area contributed by atoms with Gasteiger partial charge in [-0.25, -0.2) is 13.1 Å². The van der Waals surface area contributed by atoms with Gasteiger partial charge in [0.05, 0.1) is 18.5 Å². The molecule has 1 atom stereocenters. The highest BCUT2D eigenvalue weighted by atomic mass is 79.9. The van der Waals surface area contributed by atoms with Crippen LogP contribution >= 0.6 is 15.9 Å². The molecule has 1 N–H and O–H groups in total. The maximum absolute atomic E-state index is 11.5. The molecular weight excluding hydrogens is 294 g/mol. The minimum atomic E-state index is -3.18. The van der Waals surface area contributed by atoms with E-state index in [9.17, 15) is 8.42 Å². The van der Waals surface area contributed by atoms with E-state index in [1.807, 2.05) is 20.8 Å². The molecule has 0 radical (unpaired) electrons. The van der Waals surface area contributed by atoms with Crippen molar-refractivity contribution in [2.24, 2.45) is 5.92 Å². The van der Waals surface area contributed by atoms with Crippen LogP contribution in [0.3, 0.4) is 0 Å². The standard InChI is InChI=1S/C10H22BrNO3S/c1-9(2)15-6-7-16(13,14)12-8-10(3)4-5-11/h9-10,12H,4-8H2,1-3H3. The topological polar surface area (TPSA) is 55.4 Å². The molecule has 16 heavy (non-hydrogen) atoms. The van der Waals surface area contributed by atoms with Gasteiger partial charge in [0, 0.05) is 11.9 Å². The Kier molecular flexibility index (Phi) is 8.63. The van der Waals surface area contributed by atoms with Gasteiger partial charge in [0.1, 0.15) is 0 Å². The van der Waals surface area contributed by atoms with E-state index in [-0.39, 0.29) is 18.5 Å². The minimum Gasteiger partial charge on any atom is -0.378 e. The molecule has 6 heteroatoms. The molecule has 0 aliphatic carbocycles. The Hall–Kier alpha value is 0.350. The van der Waals surface area contributed by atoms with Gasteiger partial charge in [-0.1, -0.05) is 22.9 Å². The fraction of sp³-hybridized carbons (Fsp3) is 1.00. The number of halogens is 1. The molecule has 0 aromatic carbocycles. The zero-order valence-corrected chi connectivity index (χ0v) is 12.6.